The normalized spacial score (nSPS) is 14.3. The van der Waals surface area contributed by atoms with Crippen LogP contribution in [0.4, 0.5) is 0 Å². The number of oxazole rings is 1. The maximum absolute atomic E-state index is 8.99. The molecule has 2 heterocycles. The number of fused-ring (bicyclic) bond motifs is 1. The number of hydrogen-bond donors (Lipinski definition) is 2. The Bertz CT molecular complexity index is 1310. The molecule has 4 aromatic rings. The van der Waals surface area contributed by atoms with E-state index in [1.165, 1.54) is 32.4 Å². The van der Waals surface area contributed by atoms with Crippen LogP contribution in [-0.2, 0) is 6.54 Å². The number of aliphatic hydroxyl groups is 1. The molecule has 37 heavy (non-hydrogen) atoms. The molecule has 1 saturated heterocycles. The fourth-order valence-corrected chi connectivity index (χ4v) is 5.08. The summed E-state index contributed by atoms with van der Waals surface area (Å²) in [5.74, 6) is 1.56. The highest BCUT2D eigenvalue weighted by Crippen LogP contribution is 2.33. The van der Waals surface area contributed by atoms with E-state index < -0.39 is 0 Å². The van der Waals surface area contributed by atoms with Crippen molar-refractivity contribution in [3.8, 4) is 28.3 Å². The zero-order valence-corrected chi connectivity index (χ0v) is 21.7. The smallest absolute Gasteiger partial charge is 0.227 e. The highest BCUT2D eigenvalue weighted by Gasteiger charge is 2.13. The number of benzene rings is 3. The van der Waals surface area contributed by atoms with E-state index in [1.807, 2.05) is 18.2 Å². The van der Waals surface area contributed by atoms with Gasteiger partial charge in [-0.15, -0.1) is 0 Å². The van der Waals surface area contributed by atoms with E-state index in [9.17, 15) is 0 Å². The van der Waals surface area contributed by atoms with Crippen LogP contribution in [-0.4, -0.2) is 54.4 Å². The molecule has 6 heteroatoms. The van der Waals surface area contributed by atoms with E-state index in [4.69, 9.17) is 19.2 Å². The lowest BCUT2D eigenvalue weighted by molar-refractivity contribution is 0.204. The summed E-state index contributed by atoms with van der Waals surface area (Å²) >= 11 is 0. The first-order valence-electron chi connectivity index (χ1n) is 13.5. The second-order valence-electron chi connectivity index (χ2n) is 9.84. The molecule has 0 radical (unpaired) electrons. The van der Waals surface area contributed by atoms with Gasteiger partial charge in [0, 0.05) is 25.2 Å². The number of aromatic nitrogens is 1. The van der Waals surface area contributed by atoms with Gasteiger partial charge in [0.25, 0.3) is 0 Å². The molecular formula is C31H37N3O3. The third-order valence-electron chi connectivity index (χ3n) is 7.10. The lowest BCUT2D eigenvalue weighted by atomic mass is 9.99. The van der Waals surface area contributed by atoms with Crippen LogP contribution in [0.15, 0.2) is 65.1 Å². The van der Waals surface area contributed by atoms with Gasteiger partial charge in [0.05, 0.1) is 13.2 Å². The molecule has 5 rings (SSSR count). The summed E-state index contributed by atoms with van der Waals surface area (Å²) in [6.07, 6.45) is 5.08. The molecule has 0 bridgehead atoms. The molecule has 0 saturated carbocycles. The summed E-state index contributed by atoms with van der Waals surface area (Å²) in [7, 11) is 0. The molecule has 6 nitrogen and oxygen atoms in total. The number of aliphatic hydroxyl groups excluding tert-OH is 1. The zero-order valence-electron chi connectivity index (χ0n) is 21.7. The predicted molar refractivity (Wildman–Crippen MR) is 149 cm³/mol. The Hall–Kier alpha value is -3.19. The van der Waals surface area contributed by atoms with Crippen molar-refractivity contribution in [2.45, 2.75) is 39.2 Å². The first-order valence-corrected chi connectivity index (χ1v) is 13.5. The van der Waals surface area contributed by atoms with Crippen LogP contribution in [0.2, 0.25) is 0 Å². The van der Waals surface area contributed by atoms with Crippen LogP contribution in [0.5, 0.6) is 5.75 Å². The van der Waals surface area contributed by atoms with Crippen molar-refractivity contribution in [2.75, 3.05) is 39.4 Å². The van der Waals surface area contributed by atoms with Crippen LogP contribution >= 0.6 is 0 Å². The van der Waals surface area contributed by atoms with Gasteiger partial charge in [0.15, 0.2) is 5.58 Å². The molecule has 0 atom stereocenters. The molecule has 3 aromatic carbocycles. The van der Waals surface area contributed by atoms with Crippen molar-refractivity contribution >= 4 is 11.1 Å². The number of piperidine rings is 1. The second kappa shape index (κ2) is 12.4. The van der Waals surface area contributed by atoms with Gasteiger partial charge in [-0.05, 0) is 91.9 Å². The molecule has 0 spiro atoms. The number of likely N-dealkylation sites (tertiary alicyclic amines) is 1. The van der Waals surface area contributed by atoms with Crippen LogP contribution in [0.25, 0.3) is 33.7 Å². The Balaban J connectivity index is 1.28. The number of nitrogens with zero attached hydrogens (tertiary/aromatic N) is 2. The number of nitrogens with one attached hydrogen (secondary N) is 1. The first kappa shape index (κ1) is 25.5. The molecule has 0 amide bonds. The Morgan fingerprint density at radius 1 is 1.00 bits per heavy atom. The van der Waals surface area contributed by atoms with Crippen molar-refractivity contribution in [1.29, 1.82) is 0 Å². The quantitative estimate of drug-likeness (QED) is 0.254. The minimum atomic E-state index is 0.125. The van der Waals surface area contributed by atoms with Gasteiger partial charge in [-0.1, -0.05) is 36.8 Å². The summed E-state index contributed by atoms with van der Waals surface area (Å²) in [6, 6.07) is 20.6. The van der Waals surface area contributed by atoms with E-state index in [-0.39, 0.29) is 6.61 Å². The lowest BCUT2D eigenvalue weighted by Gasteiger charge is -2.26. The Morgan fingerprint density at radius 3 is 2.73 bits per heavy atom. The molecule has 0 aliphatic carbocycles. The topological polar surface area (TPSA) is 70.8 Å². The van der Waals surface area contributed by atoms with Crippen molar-refractivity contribution in [3.63, 3.8) is 0 Å². The van der Waals surface area contributed by atoms with Crippen molar-refractivity contribution in [2.24, 2.45) is 0 Å². The highest BCUT2D eigenvalue weighted by atomic mass is 16.5. The summed E-state index contributed by atoms with van der Waals surface area (Å²) in [5.41, 5.74) is 7.05. The zero-order chi connectivity index (χ0) is 25.5. The molecule has 1 aliphatic rings. The number of ether oxygens (including phenoxy) is 1. The Morgan fingerprint density at radius 2 is 1.86 bits per heavy atom. The van der Waals surface area contributed by atoms with Gasteiger partial charge < -0.3 is 24.5 Å². The van der Waals surface area contributed by atoms with Gasteiger partial charge in [-0.2, -0.15) is 0 Å². The average Bonchev–Trinajstić information content (AvgIpc) is 3.37. The van der Waals surface area contributed by atoms with Gasteiger partial charge in [-0.3, -0.25) is 0 Å². The third kappa shape index (κ3) is 6.39. The lowest BCUT2D eigenvalue weighted by Crippen LogP contribution is -2.31. The minimum Gasteiger partial charge on any atom is -0.493 e. The van der Waals surface area contributed by atoms with Crippen LogP contribution in [0, 0.1) is 6.92 Å². The van der Waals surface area contributed by atoms with E-state index >= 15 is 0 Å². The molecular weight excluding hydrogens is 462 g/mol. The van der Waals surface area contributed by atoms with E-state index in [1.54, 1.807) is 0 Å². The van der Waals surface area contributed by atoms with Gasteiger partial charge in [-0.25, -0.2) is 4.98 Å². The molecule has 1 aromatic heterocycles. The Labute approximate surface area is 219 Å². The largest absolute Gasteiger partial charge is 0.493 e. The second-order valence-corrected chi connectivity index (χ2v) is 9.84. The van der Waals surface area contributed by atoms with E-state index in [0.717, 1.165) is 64.2 Å². The first-order chi connectivity index (χ1) is 18.2. The molecule has 2 N–H and O–H groups in total. The fraction of sp³-hybridized carbons (Fsp3) is 0.387. The summed E-state index contributed by atoms with van der Waals surface area (Å²) in [6.45, 7) is 7.82. The van der Waals surface area contributed by atoms with Crippen LogP contribution < -0.4 is 10.1 Å². The van der Waals surface area contributed by atoms with E-state index in [2.05, 4.69) is 59.6 Å². The molecule has 1 fully saturated rings. The maximum Gasteiger partial charge on any atom is 0.227 e. The summed E-state index contributed by atoms with van der Waals surface area (Å²) in [5, 5.41) is 12.2. The molecule has 1 aliphatic heterocycles. The number of rotatable bonds is 11. The summed E-state index contributed by atoms with van der Waals surface area (Å²) in [4.78, 5) is 7.28. The van der Waals surface area contributed by atoms with Crippen LogP contribution in [0.3, 0.4) is 0 Å². The van der Waals surface area contributed by atoms with E-state index in [0.29, 0.717) is 19.0 Å². The predicted octanol–water partition coefficient (Wildman–Crippen LogP) is 5.81. The fourth-order valence-electron chi connectivity index (χ4n) is 5.08. The third-order valence-corrected chi connectivity index (χ3v) is 7.10. The highest BCUT2D eigenvalue weighted by molar-refractivity contribution is 5.83. The van der Waals surface area contributed by atoms with Crippen molar-refractivity contribution in [3.05, 3.63) is 71.8 Å². The number of hydrogen-bond acceptors (Lipinski definition) is 6. The SMILES string of the molecule is Cc1c(OCCCN2CCCCC2)cccc1-c1ccc2nc(-c3cccc(CNCCO)c3)oc2c1. The average molecular weight is 500 g/mol. The minimum absolute atomic E-state index is 0.125. The standard InChI is InChI=1S/C31H37N3O3/c1-23-27(10-6-11-29(23)36-19-7-17-34-15-3-2-4-16-34)25-12-13-28-30(21-25)37-31(33-28)26-9-5-8-24(20-26)22-32-14-18-35/h5-6,8-13,20-21,32,35H,2-4,7,14-19,22H2,1H3. The van der Waals surface area contributed by atoms with Gasteiger partial charge in [0.2, 0.25) is 5.89 Å². The van der Waals surface area contributed by atoms with Gasteiger partial charge >= 0.3 is 0 Å². The monoisotopic (exact) mass is 499 g/mol. The summed E-state index contributed by atoms with van der Waals surface area (Å²) < 4.78 is 12.4. The van der Waals surface area contributed by atoms with Crippen molar-refractivity contribution in [1.82, 2.24) is 15.2 Å². The molecule has 194 valence electrons. The van der Waals surface area contributed by atoms with Gasteiger partial charge in [0.1, 0.15) is 11.3 Å². The Kier molecular flexibility index (Phi) is 8.51. The van der Waals surface area contributed by atoms with Crippen LogP contribution in [0.1, 0.15) is 36.8 Å². The van der Waals surface area contributed by atoms with Crippen molar-refractivity contribution < 1.29 is 14.3 Å². The maximum atomic E-state index is 8.99. The molecule has 0 unspecified atom stereocenters.